The van der Waals surface area contributed by atoms with Crippen LogP contribution in [0.25, 0.3) is 0 Å². The summed E-state index contributed by atoms with van der Waals surface area (Å²) in [5.41, 5.74) is -0.554. The van der Waals surface area contributed by atoms with Gasteiger partial charge in [-0.25, -0.2) is 4.79 Å². The van der Waals surface area contributed by atoms with Crippen molar-refractivity contribution in [2.75, 3.05) is 26.2 Å². The van der Waals surface area contributed by atoms with Gasteiger partial charge in [-0.3, -0.25) is 0 Å². The Morgan fingerprint density at radius 1 is 1.17 bits per heavy atom. The lowest BCUT2D eigenvalue weighted by Gasteiger charge is -2.26. The first-order valence-corrected chi connectivity index (χ1v) is 8.04. The second-order valence-electron chi connectivity index (χ2n) is 5.16. The van der Waals surface area contributed by atoms with E-state index in [1.165, 1.54) is 9.21 Å². The van der Waals surface area contributed by atoms with Gasteiger partial charge in [0.05, 0.1) is 0 Å². The third-order valence-corrected chi connectivity index (χ3v) is 3.98. The predicted octanol–water partition coefficient (Wildman–Crippen LogP) is 1.41. The number of hydrogen-bond donors (Lipinski definition) is 0. The van der Waals surface area contributed by atoms with Gasteiger partial charge in [0.2, 0.25) is 0 Å². The van der Waals surface area contributed by atoms with Gasteiger partial charge < -0.3 is 9.64 Å². The average Bonchev–Trinajstić information content (AvgIpc) is 2.38. The Kier molecular flexibility index (Phi) is 4.85. The molecule has 1 fully saturated rings. The molecule has 0 aromatic carbocycles. The van der Waals surface area contributed by atoms with Crippen LogP contribution in [0.2, 0.25) is 0 Å². The minimum atomic E-state index is -3.71. The van der Waals surface area contributed by atoms with E-state index in [2.05, 4.69) is 0 Å². The van der Waals surface area contributed by atoms with Crippen LogP contribution < -0.4 is 0 Å². The number of hydrogen-bond acceptors (Lipinski definition) is 4. The molecular weight excluding hydrogens is 280 g/mol. The Morgan fingerprint density at radius 2 is 1.78 bits per heavy atom. The molecule has 1 heterocycles. The fraction of sp³-hybridized carbons (Fsp3) is 0.900. The molecule has 0 aliphatic carbocycles. The molecule has 0 spiro atoms. The van der Waals surface area contributed by atoms with Crippen LogP contribution in [-0.4, -0.2) is 55.5 Å². The molecule has 0 N–H and O–H groups in total. The molecule has 0 bridgehead atoms. The maximum absolute atomic E-state index is 11.8. The average molecular weight is 299 g/mol. The molecule has 1 saturated heterocycles. The second-order valence-corrected chi connectivity index (χ2v) is 7.67. The van der Waals surface area contributed by atoms with Crippen molar-refractivity contribution >= 4 is 26.0 Å². The maximum atomic E-state index is 11.8. The summed E-state index contributed by atoms with van der Waals surface area (Å²) in [6, 6.07) is 0. The van der Waals surface area contributed by atoms with Crippen molar-refractivity contribution in [2.45, 2.75) is 32.8 Å². The highest BCUT2D eigenvalue weighted by molar-refractivity contribution is 8.11. The third-order valence-electron chi connectivity index (χ3n) is 2.41. The van der Waals surface area contributed by atoms with Crippen LogP contribution in [-0.2, 0) is 14.0 Å². The summed E-state index contributed by atoms with van der Waals surface area (Å²) in [6.07, 6.45) is 0.127. The molecule has 8 heteroatoms. The summed E-state index contributed by atoms with van der Waals surface area (Å²) in [4.78, 5) is 13.3. The predicted molar refractivity (Wildman–Crippen MR) is 68.8 cm³/mol. The lowest BCUT2D eigenvalue weighted by atomic mass is 10.2. The Balaban J connectivity index is 2.60. The van der Waals surface area contributed by atoms with Crippen molar-refractivity contribution in [1.82, 2.24) is 9.21 Å². The fourth-order valence-corrected chi connectivity index (χ4v) is 2.68. The summed E-state index contributed by atoms with van der Waals surface area (Å²) in [7, 11) is 1.58. The van der Waals surface area contributed by atoms with Crippen molar-refractivity contribution in [1.29, 1.82) is 0 Å². The van der Waals surface area contributed by atoms with E-state index in [1.54, 1.807) is 20.8 Å². The smallest absolute Gasteiger partial charge is 0.410 e. The van der Waals surface area contributed by atoms with E-state index < -0.39 is 20.9 Å². The SMILES string of the molecule is CC(C)(C)OC(=O)N1CCCN(S(=O)(=O)Cl)CC1. The molecular formula is C10H19ClN2O4S. The van der Waals surface area contributed by atoms with Gasteiger partial charge in [0.15, 0.2) is 0 Å². The molecule has 0 aromatic rings. The molecule has 18 heavy (non-hydrogen) atoms. The third kappa shape index (κ3) is 4.99. The lowest BCUT2D eigenvalue weighted by Crippen LogP contribution is -2.39. The standard InChI is InChI=1S/C10H19ClN2O4S/c1-10(2,3)17-9(14)12-5-4-6-13(8-7-12)18(11,15)16/h4-8H2,1-3H3. The van der Waals surface area contributed by atoms with Gasteiger partial charge in [0.25, 0.3) is 9.24 Å². The highest BCUT2D eigenvalue weighted by Crippen LogP contribution is 2.14. The van der Waals surface area contributed by atoms with Gasteiger partial charge >= 0.3 is 6.09 Å². The zero-order valence-corrected chi connectivity index (χ0v) is 12.4. The van der Waals surface area contributed by atoms with Crippen LogP contribution in [0.4, 0.5) is 4.79 Å². The van der Waals surface area contributed by atoms with E-state index in [0.717, 1.165) is 0 Å². The summed E-state index contributed by atoms with van der Waals surface area (Å²) >= 11 is 0. The molecule has 1 aliphatic heterocycles. The van der Waals surface area contributed by atoms with Gasteiger partial charge in [-0.15, -0.1) is 0 Å². The number of nitrogens with zero attached hydrogens (tertiary/aromatic N) is 2. The van der Waals surface area contributed by atoms with Gasteiger partial charge in [0, 0.05) is 36.9 Å². The first kappa shape index (κ1) is 15.5. The number of rotatable bonds is 1. The van der Waals surface area contributed by atoms with E-state index in [-0.39, 0.29) is 6.54 Å². The minimum absolute atomic E-state index is 0.199. The first-order valence-electron chi connectivity index (χ1n) is 5.77. The van der Waals surface area contributed by atoms with Gasteiger partial charge in [-0.2, -0.15) is 12.7 Å². The molecule has 106 valence electrons. The van der Waals surface area contributed by atoms with Crippen molar-refractivity contribution in [3.8, 4) is 0 Å². The van der Waals surface area contributed by atoms with Crippen molar-refractivity contribution < 1.29 is 17.9 Å². The second kappa shape index (κ2) is 5.63. The number of carbonyl (C=O) groups is 1. The summed E-state index contributed by atoms with van der Waals surface area (Å²) in [6.45, 7) is 6.66. The fourth-order valence-electron chi connectivity index (χ4n) is 1.62. The first-order chi connectivity index (χ1) is 8.09. The topological polar surface area (TPSA) is 66.9 Å². The van der Waals surface area contributed by atoms with Gasteiger partial charge in [-0.1, -0.05) is 0 Å². The minimum Gasteiger partial charge on any atom is -0.444 e. The number of carbonyl (C=O) groups excluding carboxylic acids is 1. The molecule has 6 nitrogen and oxygen atoms in total. The van der Waals surface area contributed by atoms with E-state index in [1.807, 2.05) is 0 Å². The highest BCUT2D eigenvalue weighted by atomic mass is 35.7. The van der Waals surface area contributed by atoms with E-state index in [9.17, 15) is 13.2 Å². The zero-order chi connectivity index (χ0) is 14.0. The normalized spacial score (nSPS) is 19.4. The number of ether oxygens (including phenoxy) is 1. The van der Waals surface area contributed by atoms with Crippen LogP contribution in [0.15, 0.2) is 0 Å². The molecule has 0 aromatic heterocycles. The molecule has 0 unspecified atom stereocenters. The van der Waals surface area contributed by atoms with Gasteiger partial charge in [-0.05, 0) is 27.2 Å². The Morgan fingerprint density at radius 3 is 2.28 bits per heavy atom. The van der Waals surface area contributed by atoms with Crippen LogP contribution in [0.5, 0.6) is 0 Å². The molecule has 0 atom stereocenters. The van der Waals surface area contributed by atoms with E-state index in [4.69, 9.17) is 15.4 Å². The van der Waals surface area contributed by atoms with Crippen LogP contribution in [0.3, 0.4) is 0 Å². The van der Waals surface area contributed by atoms with Crippen LogP contribution in [0.1, 0.15) is 27.2 Å². The molecule has 1 rings (SSSR count). The molecule has 0 saturated carbocycles. The summed E-state index contributed by atoms with van der Waals surface area (Å²) in [5.74, 6) is 0. The molecule has 1 amide bonds. The number of amides is 1. The summed E-state index contributed by atoms with van der Waals surface area (Å²) < 4.78 is 28.8. The van der Waals surface area contributed by atoms with Crippen LogP contribution in [0, 0.1) is 0 Å². The largest absolute Gasteiger partial charge is 0.444 e. The lowest BCUT2D eigenvalue weighted by molar-refractivity contribution is 0.0260. The van der Waals surface area contributed by atoms with Crippen molar-refractivity contribution in [2.24, 2.45) is 0 Å². The quantitative estimate of drug-likeness (QED) is 0.687. The highest BCUT2D eigenvalue weighted by Gasteiger charge is 2.27. The Hall–Kier alpha value is -0.530. The Bertz CT molecular complexity index is 405. The molecule has 1 aliphatic rings. The van der Waals surface area contributed by atoms with E-state index >= 15 is 0 Å². The van der Waals surface area contributed by atoms with Crippen molar-refractivity contribution in [3.63, 3.8) is 0 Å². The maximum Gasteiger partial charge on any atom is 0.410 e. The zero-order valence-electron chi connectivity index (χ0n) is 10.8. The number of halogens is 1. The monoisotopic (exact) mass is 298 g/mol. The molecule has 0 radical (unpaired) electrons. The van der Waals surface area contributed by atoms with E-state index in [0.29, 0.717) is 26.1 Å². The summed E-state index contributed by atoms with van der Waals surface area (Å²) in [5, 5.41) is 0. The van der Waals surface area contributed by atoms with Crippen LogP contribution >= 0.6 is 10.7 Å². The van der Waals surface area contributed by atoms with Crippen molar-refractivity contribution in [3.05, 3.63) is 0 Å². The Labute approximate surface area is 112 Å². The van der Waals surface area contributed by atoms with Gasteiger partial charge in [0.1, 0.15) is 5.60 Å².